The first-order valence-corrected chi connectivity index (χ1v) is 7.66. The third kappa shape index (κ3) is 2.50. The van der Waals surface area contributed by atoms with E-state index in [1.165, 1.54) is 6.20 Å². The Balaban J connectivity index is 1.81. The van der Waals surface area contributed by atoms with Gasteiger partial charge in [-0.15, -0.1) is 0 Å². The summed E-state index contributed by atoms with van der Waals surface area (Å²) < 4.78 is 32.0. The minimum Gasteiger partial charge on any atom is -0.485 e. The number of benzene rings is 1. The van der Waals surface area contributed by atoms with Gasteiger partial charge >= 0.3 is 0 Å². The minimum atomic E-state index is -2.56. The van der Waals surface area contributed by atoms with E-state index in [4.69, 9.17) is 9.73 Å². The van der Waals surface area contributed by atoms with Crippen molar-refractivity contribution in [3.05, 3.63) is 58.9 Å². The lowest BCUT2D eigenvalue weighted by atomic mass is 10.0. The molecule has 1 aliphatic heterocycles. The molecule has 23 heavy (non-hydrogen) atoms. The third-order valence-electron chi connectivity index (χ3n) is 4.40. The molecule has 0 amide bonds. The maximum atomic E-state index is 12.9. The zero-order chi connectivity index (χ0) is 16.0. The molecule has 0 saturated heterocycles. The van der Waals surface area contributed by atoms with Crippen molar-refractivity contribution in [3.8, 4) is 5.75 Å². The maximum absolute atomic E-state index is 12.9. The van der Waals surface area contributed by atoms with Crippen molar-refractivity contribution in [1.29, 1.82) is 0 Å². The summed E-state index contributed by atoms with van der Waals surface area (Å²) in [5.41, 5.74) is 2.53. The van der Waals surface area contributed by atoms with Gasteiger partial charge in [-0.05, 0) is 43.5 Å². The van der Waals surface area contributed by atoms with Crippen LogP contribution in [-0.4, -0.2) is 22.8 Å². The molecule has 4 rings (SSSR count). The number of rotatable bonds is 2. The van der Waals surface area contributed by atoms with Gasteiger partial charge in [-0.3, -0.25) is 9.98 Å². The van der Waals surface area contributed by atoms with E-state index in [-0.39, 0.29) is 11.3 Å². The van der Waals surface area contributed by atoms with Gasteiger partial charge in [0.25, 0.3) is 6.43 Å². The number of ether oxygens (including phenoxy) is 1. The molecule has 0 atom stereocenters. The number of halogens is 2. The first-order valence-electron chi connectivity index (χ1n) is 7.66. The van der Waals surface area contributed by atoms with Crippen molar-refractivity contribution < 1.29 is 13.5 Å². The van der Waals surface area contributed by atoms with Crippen molar-refractivity contribution in [3.63, 3.8) is 0 Å². The molecule has 2 aliphatic rings. The van der Waals surface area contributed by atoms with Crippen LogP contribution in [0.5, 0.6) is 5.75 Å². The number of hydrogen-bond acceptors (Lipinski definition) is 3. The molecule has 1 aromatic heterocycles. The van der Waals surface area contributed by atoms with Crippen LogP contribution in [0.4, 0.5) is 8.78 Å². The zero-order valence-corrected chi connectivity index (χ0v) is 12.7. The van der Waals surface area contributed by atoms with Crippen molar-refractivity contribution >= 4 is 5.71 Å². The van der Waals surface area contributed by atoms with Gasteiger partial charge < -0.3 is 4.74 Å². The monoisotopic (exact) mass is 314 g/mol. The predicted molar refractivity (Wildman–Crippen MR) is 83.5 cm³/mol. The van der Waals surface area contributed by atoms with Crippen molar-refractivity contribution in [2.75, 3.05) is 6.54 Å². The Bertz CT molecular complexity index is 797. The normalized spacial score (nSPS) is 18.2. The number of aryl methyl sites for hydroxylation is 1. The van der Waals surface area contributed by atoms with Crippen LogP contribution in [-0.2, 0) is 0 Å². The van der Waals surface area contributed by atoms with E-state index < -0.39 is 6.43 Å². The van der Waals surface area contributed by atoms with Crippen LogP contribution in [0.2, 0.25) is 0 Å². The van der Waals surface area contributed by atoms with Crippen LogP contribution in [0, 0.1) is 6.92 Å². The van der Waals surface area contributed by atoms with Crippen LogP contribution >= 0.6 is 0 Å². The number of para-hydroxylation sites is 1. The number of hydrogen-bond donors (Lipinski definition) is 0. The highest BCUT2D eigenvalue weighted by molar-refractivity contribution is 6.14. The van der Waals surface area contributed by atoms with E-state index in [0.29, 0.717) is 12.1 Å². The van der Waals surface area contributed by atoms with Crippen molar-refractivity contribution in [1.82, 2.24) is 4.98 Å². The lowest BCUT2D eigenvalue weighted by Gasteiger charge is -2.15. The maximum Gasteiger partial charge on any atom is 0.280 e. The topological polar surface area (TPSA) is 34.5 Å². The highest BCUT2D eigenvalue weighted by Gasteiger charge is 2.47. The van der Waals surface area contributed by atoms with Crippen molar-refractivity contribution in [2.45, 2.75) is 31.8 Å². The Labute approximate surface area is 133 Å². The fraction of sp³-hybridized carbons (Fsp3) is 0.333. The summed E-state index contributed by atoms with van der Waals surface area (Å²) >= 11 is 0. The lowest BCUT2D eigenvalue weighted by molar-refractivity contribution is 0.145. The van der Waals surface area contributed by atoms with E-state index in [1.54, 1.807) is 13.0 Å². The smallest absolute Gasteiger partial charge is 0.280 e. The number of aromatic nitrogens is 1. The fourth-order valence-electron chi connectivity index (χ4n) is 2.91. The molecule has 0 bridgehead atoms. The molecule has 1 fully saturated rings. The quantitative estimate of drug-likeness (QED) is 0.837. The molecular formula is C18H16F2N2O. The van der Waals surface area contributed by atoms with E-state index >= 15 is 0 Å². The third-order valence-corrected chi connectivity index (χ3v) is 4.40. The molecule has 0 unspecified atom stereocenters. The summed E-state index contributed by atoms with van der Waals surface area (Å²) in [4.78, 5) is 8.67. The standard InChI is InChI=1S/C18H16F2N2O/c1-11-8-12(9-21-15(11)17(19)20)16-13-4-2-3-5-14(13)23-18(6-7-18)10-22-16/h2-5,8-9,17H,6-7,10H2,1H3. The van der Waals surface area contributed by atoms with Gasteiger partial charge in [0.1, 0.15) is 17.0 Å². The Morgan fingerprint density at radius 3 is 2.70 bits per heavy atom. The number of fused-ring (bicyclic) bond motifs is 1. The predicted octanol–water partition coefficient (Wildman–Crippen LogP) is 4.09. The summed E-state index contributed by atoms with van der Waals surface area (Å²) in [6.07, 6.45) is 0.916. The van der Waals surface area contributed by atoms with Crippen LogP contribution in [0.25, 0.3) is 0 Å². The van der Waals surface area contributed by atoms with Gasteiger partial charge in [0, 0.05) is 17.3 Å². The summed E-state index contributed by atoms with van der Waals surface area (Å²) in [7, 11) is 0. The molecule has 1 aliphatic carbocycles. The summed E-state index contributed by atoms with van der Waals surface area (Å²) in [5, 5.41) is 0. The van der Waals surface area contributed by atoms with Crippen LogP contribution in [0.3, 0.4) is 0 Å². The Morgan fingerprint density at radius 1 is 1.22 bits per heavy atom. The summed E-state index contributed by atoms with van der Waals surface area (Å²) in [5.74, 6) is 0.803. The number of nitrogens with zero attached hydrogens (tertiary/aromatic N) is 2. The highest BCUT2D eigenvalue weighted by Crippen LogP contribution is 2.43. The van der Waals surface area contributed by atoms with Gasteiger partial charge in [0.2, 0.25) is 0 Å². The first-order chi connectivity index (χ1) is 11.1. The Kier molecular flexibility index (Phi) is 3.18. The molecular weight excluding hydrogens is 298 g/mol. The molecule has 118 valence electrons. The molecule has 1 aromatic carbocycles. The second kappa shape index (κ2) is 5.11. The lowest BCUT2D eigenvalue weighted by Crippen LogP contribution is -2.20. The summed E-state index contributed by atoms with van der Waals surface area (Å²) in [6.45, 7) is 2.24. The summed E-state index contributed by atoms with van der Waals surface area (Å²) in [6, 6.07) is 9.47. The highest BCUT2D eigenvalue weighted by atomic mass is 19.3. The van der Waals surface area contributed by atoms with Gasteiger partial charge in [-0.2, -0.15) is 0 Å². The molecule has 2 aromatic rings. The van der Waals surface area contributed by atoms with Crippen molar-refractivity contribution in [2.24, 2.45) is 4.99 Å². The molecule has 1 saturated carbocycles. The van der Waals surface area contributed by atoms with Gasteiger partial charge in [-0.25, -0.2) is 8.78 Å². The molecule has 3 nitrogen and oxygen atoms in total. The van der Waals surface area contributed by atoms with Crippen LogP contribution < -0.4 is 4.74 Å². The van der Waals surface area contributed by atoms with E-state index in [0.717, 1.165) is 35.4 Å². The van der Waals surface area contributed by atoms with Crippen LogP contribution in [0.15, 0.2) is 41.5 Å². The molecule has 1 spiro atoms. The van der Waals surface area contributed by atoms with Gasteiger partial charge in [0.15, 0.2) is 0 Å². The molecule has 0 radical (unpaired) electrons. The number of pyridine rings is 1. The average Bonchev–Trinajstić information content (AvgIpc) is 3.31. The largest absolute Gasteiger partial charge is 0.485 e. The zero-order valence-electron chi connectivity index (χ0n) is 12.7. The average molecular weight is 314 g/mol. The molecule has 2 heterocycles. The van der Waals surface area contributed by atoms with Gasteiger partial charge in [-0.1, -0.05) is 12.1 Å². The Hall–Kier alpha value is -2.30. The minimum absolute atomic E-state index is 0.175. The number of alkyl halides is 2. The second-order valence-electron chi connectivity index (χ2n) is 6.17. The van der Waals surface area contributed by atoms with E-state index in [2.05, 4.69) is 4.98 Å². The second-order valence-corrected chi connectivity index (χ2v) is 6.17. The van der Waals surface area contributed by atoms with E-state index in [9.17, 15) is 8.78 Å². The molecule has 0 N–H and O–H groups in total. The number of aliphatic imine (C=N–C) groups is 1. The Morgan fingerprint density at radius 2 is 2.00 bits per heavy atom. The van der Waals surface area contributed by atoms with E-state index in [1.807, 2.05) is 24.3 Å². The SMILES string of the molecule is Cc1cc(C2=NCC3(CC3)Oc3ccccc32)cnc1C(F)F. The molecule has 5 heteroatoms. The fourth-order valence-corrected chi connectivity index (χ4v) is 2.91. The first kappa shape index (κ1) is 14.3. The van der Waals surface area contributed by atoms with Crippen LogP contribution in [0.1, 0.15) is 41.7 Å². The van der Waals surface area contributed by atoms with Gasteiger partial charge in [0.05, 0.1) is 12.3 Å².